The summed E-state index contributed by atoms with van der Waals surface area (Å²) in [5.74, 6) is 0.235. The van der Waals surface area contributed by atoms with E-state index in [1.165, 1.54) is 0 Å². The second kappa shape index (κ2) is 5.02. The van der Waals surface area contributed by atoms with Crippen LogP contribution < -0.4 is 0 Å². The van der Waals surface area contributed by atoms with E-state index in [1.807, 2.05) is 37.3 Å². The molecule has 2 N–H and O–H groups in total. The molecule has 0 aliphatic heterocycles. The van der Waals surface area contributed by atoms with Crippen LogP contribution in [0, 0.1) is 6.92 Å². The zero-order chi connectivity index (χ0) is 12.3. The minimum absolute atomic E-state index is 0.235. The van der Waals surface area contributed by atoms with E-state index in [0.717, 1.165) is 16.7 Å². The van der Waals surface area contributed by atoms with Crippen molar-refractivity contribution in [2.45, 2.75) is 19.4 Å². The van der Waals surface area contributed by atoms with Gasteiger partial charge in [-0.15, -0.1) is 0 Å². The van der Waals surface area contributed by atoms with E-state index < -0.39 is 6.10 Å². The Morgan fingerprint density at radius 3 is 2.53 bits per heavy atom. The Morgan fingerprint density at radius 2 is 1.82 bits per heavy atom. The molecule has 0 aliphatic carbocycles. The van der Waals surface area contributed by atoms with Gasteiger partial charge in [0, 0.05) is 6.42 Å². The zero-order valence-electron chi connectivity index (χ0n) is 9.80. The van der Waals surface area contributed by atoms with Gasteiger partial charge >= 0.3 is 0 Å². The molecule has 0 aliphatic rings. The van der Waals surface area contributed by atoms with Gasteiger partial charge in [-0.25, -0.2) is 0 Å². The van der Waals surface area contributed by atoms with Crippen molar-refractivity contribution >= 4 is 0 Å². The Bertz CT molecular complexity index is 506. The van der Waals surface area contributed by atoms with Gasteiger partial charge in [0.05, 0.1) is 6.10 Å². The summed E-state index contributed by atoms with van der Waals surface area (Å²) < 4.78 is 0. The highest BCUT2D eigenvalue weighted by molar-refractivity contribution is 5.30. The highest BCUT2D eigenvalue weighted by atomic mass is 16.3. The van der Waals surface area contributed by atoms with Crippen LogP contribution in [0.2, 0.25) is 0 Å². The van der Waals surface area contributed by atoms with Crippen LogP contribution in [0.25, 0.3) is 0 Å². The van der Waals surface area contributed by atoms with Gasteiger partial charge < -0.3 is 10.2 Å². The summed E-state index contributed by atoms with van der Waals surface area (Å²) in [7, 11) is 0. The third kappa shape index (κ3) is 3.08. The van der Waals surface area contributed by atoms with E-state index in [4.69, 9.17) is 0 Å². The van der Waals surface area contributed by atoms with Crippen molar-refractivity contribution < 1.29 is 10.2 Å². The van der Waals surface area contributed by atoms with Crippen molar-refractivity contribution in [3.8, 4) is 5.75 Å². The first kappa shape index (κ1) is 11.7. The molecule has 0 spiro atoms. The molecule has 2 heteroatoms. The second-order valence-electron chi connectivity index (χ2n) is 4.30. The first-order valence-electron chi connectivity index (χ1n) is 5.68. The molecule has 2 aromatic carbocycles. The number of aryl methyl sites for hydroxylation is 1. The summed E-state index contributed by atoms with van der Waals surface area (Å²) in [4.78, 5) is 0. The van der Waals surface area contributed by atoms with Crippen molar-refractivity contribution in [3.05, 3.63) is 65.2 Å². The molecule has 1 unspecified atom stereocenters. The molecular formula is C15H16O2. The van der Waals surface area contributed by atoms with Gasteiger partial charge in [0.15, 0.2) is 0 Å². The lowest BCUT2D eigenvalue weighted by Gasteiger charge is -2.11. The number of benzene rings is 2. The van der Waals surface area contributed by atoms with E-state index in [1.54, 1.807) is 18.2 Å². The van der Waals surface area contributed by atoms with E-state index in [0.29, 0.717) is 6.42 Å². The molecule has 2 aromatic rings. The molecule has 0 saturated carbocycles. The summed E-state index contributed by atoms with van der Waals surface area (Å²) in [6, 6.07) is 14.8. The smallest absolute Gasteiger partial charge is 0.115 e. The van der Waals surface area contributed by atoms with Gasteiger partial charge in [0.2, 0.25) is 0 Å². The van der Waals surface area contributed by atoms with Crippen LogP contribution in [0.1, 0.15) is 22.8 Å². The molecule has 17 heavy (non-hydrogen) atoms. The summed E-state index contributed by atoms with van der Waals surface area (Å²) in [5, 5.41) is 19.5. The normalized spacial score (nSPS) is 12.4. The molecular weight excluding hydrogens is 212 g/mol. The summed E-state index contributed by atoms with van der Waals surface area (Å²) in [6.07, 6.45) is -0.0191. The number of hydrogen-bond donors (Lipinski definition) is 2. The fraction of sp³-hybridized carbons (Fsp3) is 0.200. The van der Waals surface area contributed by atoms with E-state index >= 15 is 0 Å². The van der Waals surface area contributed by atoms with Crippen molar-refractivity contribution in [2.75, 3.05) is 0 Å². The number of aliphatic hydroxyl groups is 1. The van der Waals surface area contributed by atoms with Crippen molar-refractivity contribution in [2.24, 2.45) is 0 Å². The van der Waals surface area contributed by atoms with Crippen LogP contribution in [-0.2, 0) is 6.42 Å². The number of rotatable bonds is 3. The van der Waals surface area contributed by atoms with Crippen LogP contribution >= 0.6 is 0 Å². The van der Waals surface area contributed by atoms with Gasteiger partial charge in [-0.1, -0.05) is 42.0 Å². The van der Waals surface area contributed by atoms with E-state index in [-0.39, 0.29) is 5.75 Å². The minimum Gasteiger partial charge on any atom is -0.508 e. The van der Waals surface area contributed by atoms with Crippen LogP contribution in [0.5, 0.6) is 5.75 Å². The third-order valence-electron chi connectivity index (χ3n) is 2.77. The van der Waals surface area contributed by atoms with Gasteiger partial charge in [0.1, 0.15) is 5.75 Å². The largest absolute Gasteiger partial charge is 0.508 e. The maximum absolute atomic E-state index is 10.1. The number of phenolic OH excluding ortho intramolecular Hbond substituents is 1. The Morgan fingerprint density at radius 1 is 1.06 bits per heavy atom. The number of phenols is 1. The van der Waals surface area contributed by atoms with Gasteiger partial charge in [0.25, 0.3) is 0 Å². The molecule has 0 saturated heterocycles. The topological polar surface area (TPSA) is 40.5 Å². The van der Waals surface area contributed by atoms with Crippen LogP contribution in [0.3, 0.4) is 0 Å². The van der Waals surface area contributed by atoms with Crippen LogP contribution in [-0.4, -0.2) is 10.2 Å². The second-order valence-corrected chi connectivity index (χ2v) is 4.30. The lowest BCUT2D eigenvalue weighted by molar-refractivity contribution is 0.178. The molecule has 2 rings (SSSR count). The van der Waals surface area contributed by atoms with Gasteiger partial charge in [-0.3, -0.25) is 0 Å². The zero-order valence-corrected chi connectivity index (χ0v) is 9.80. The fourth-order valence-electron chi connectivity index (χ4n) is 1.90. The maximum atomic E-state index is 10.1. The first-order chi connectivity index (χ1) is 8.15. The molecule has 1 atom stereocenters. The predicted molar refractivity (Wildman–Crippen MR) is 67.9 cm³/mol. The molecule has 0 amide bonds. The average Bonchev–Trinajstić information content (AvgIpc) is 2.29. The van der Waals surface area contributed by atoms with Gasteiger partial charge in [-0.05, 0) is 30.2 Å². The molecule has 0 heterocycles. The lowest BCUT2D eigenvalue weighted by Crippen LogP contribution is -2.01. The highest BCUT2D eigenvalue weighted by Crippen LogP contribution is 2.21. The summed E-state index contributed by atoms with van der Waals surface area (Å²) >= 11 is 0. The molecule has 0 fully saturated rings. The third-order valence-corrected chi connectivity index (χ3v) is 2.77. The molecule has 88 valence electrons. The molecule has 0 radical (unpaired) electrons. The van der Waals surface area contributed by atoms with Crippen molar-refractivity contribution in [1.82, 2.24) is 0 Å². The monoisotopic (exact) mass is 228 g/mol. The summed E-state index contributed by atoms with van der Waals surface area (Å²) in [5.41, 5.74) is 2.98. The van der Waals surface area contributed by atoms with Gasteiger partial charge in [-0.2, -0.15) is 0 Å². The molecule has 0 bridgehead atoms. The van der Waals surface area contributed by atoms with Crippen molar-refractivity contribution in [3.63, 3.8) is 0 Å². The Labute approximate surface area is 101 Å². The Balaban J connectivity index is 2.14. The standard InChI is InChI=1S/C15H16O2/c1-11-4-2-6-13(8-11)15(17)10-12-5-3-7-14(16)9-12/h2-9,15-17H,10H2,1H3. The fourth-order valence-corrected chi connectivity index (χ4v) is 1.90. The predicted octanol–water partition coefficient (Wildman–Crippen LogP) is 2.98. The number of aliphatic hydroxyl groups excluding tert-OH is 1. The number of aromatic hydroxyl groups is 1. The lowest BCUT2D eigenvalue weighted by atomic mass is 10.00. The van der Waals surface area contributed by atoms with E-state index in [2.05, 4.69) is 0 Å². The van der Waals surface area contributed by atoms with Crippen LogP contribution in [0.4, 0.5) is 0 Å². The minimum atomic E-state index is -0.531. The first-order valence-corrected chi connectivity index (χ1v) is 5.68. The average molecular weight is 228 g/mol. The highest BCUT2D eigenvalue weighted by Gasteiger charge is 2.08. The molecule has 0 aromatic heterocycles. The Kier molecular flexibility index (Phi) is 3.45. The number of hydrogen-bond acceptors (Lipinski definition) is 2. The van der Waals surface area contributed by atoms with Crippen LogP contribution in [0.15, 0.2) is 48.5 Å². The Hall–Kier alpha value is -1.80. The SMILES string of the molecule is Cc1cccc(C(O)Cc2cccc(O)c2)c1. The van der Waals surface area contributed by atoms with Crippen molar-refractivity contribution in [1.29, 1.82) is 0 Å². The maximum Gasteiger partial charge on any atom is 0.115 e. The quantitative estimate of drug-likeness (QED) is 0.847. The molecule has 2 nitrogen and oxygen atoms in total. The summed E-state index contributed by atoms with van der Waals surface area (Å²) in [6.45, 7) is 2.00. The van der Waals surface area contributed by atoms with E-state index in [9.17, 15) is 10.2 Å².